The third-order valence-electron chi connectivity index (χ3n) is 5.46. The Kier molecular flexibility index (Phi) is 4.61. The number of methoxy groups -OCH3 is 1. The van der Waals surface area contributed by atoms with Crippen molar-refractivity contribution in [1.82, 2.24) is 9.97 Å². The maximum atomic E-state index is 14.0. The van der Waals surface area contributed by atoms with E-state index in [4.69, 9.17) is 0 Å². The molecule has 2 heterocycles. The predicted molar refractivity (Wildman–Crippen MR) is 115 cm³/mol. The number of H-pyrrole nitrogens is 1. The third kappa shape index (κ3) is 3.19. The maximum Gasteiger partial charge on any atom is 0.413 e. The molecular formula is C23H16F2N4O4. The molecule has 2 amide bonds. The lowest BCUT2D eigenvalue weighted by atomic mass is 9.93. The van der Waals surface area contributed by atoms with Gasteiger partial charge in [0.1, 0.15) is 11.6 Å². The minimum atomic E-state index is -2.07. The van der Waals surface area contributed by atoms with E-state index in [1.807, 2.05) is 0 Å². The number of halogens is 2. The van der Waals surface area contributed by atoms with Gasteiger partial charge in [-0.1, -0.05) is 24.3 Å². The highest BCUT2D eigenvalue weighted by atomic mass is 19.1. The first-order chi connectivity index (χ1) is 15.8. The Morgan fingerprint density at radius 1 is 1.12 bits per heavy atom. The van der Waals surface area contributed by atoms with Crippen molar-refractivity contribution >= 4 is 34.7 Å². The van der Waals surface area contributed by atoms with Crippen molar-refractivity contribution in [3.05, 3.63) is 89.0 Å². The molecule has 0 spiro atoms. The van der Waals surface area contributed by atoms with E-state index in [0.717, 1.165) is 17.0 Å². The van der Waals surface area contributed by atoms with Gasteiger partial charge in [-0.15, -0.1) is 0 Å². The summed E-state index contributed by atoms with van der Waals surface area (Å²) < 4.78 is 32.6. The molecule has 0 saturated carbocycles. The third-order valence-corrected chi connectivity index (χ3v) is 5.46. The second kappa shape index (κ2) is 7.38. The average molecular weight is 450 g/mol. The van der Waals surface area contributed by atoms with Crippen LogP contribution in [0.15, 0.2) is 60.7 Å². The maximum absolute atomic E-state index is 14.0. The van der Waals surface area contributed by atoms with Gasteiger partial charge in [0.05, 0.1) is 23.8 Å². The molecule has 1 aliphatic rings. The number of ether oxygens (including phenoxy) is 1. The van der Waals surface area contributed by atoms with Gasteiger partial charge < -0.3 is 14.8 Å². The molecular weight excluding hydrogens is 434 g/mol. The summed E-state index contributed by atoms with van der Waals surface area (Å²) in [7, 11) is 1.21. The first-order valence-electron chi connectivity index (χ1n) is 9.79. The van der Waals surface area contributed by atoms with Crippen LogP contribution in [0.3, 0.4) is 0 Å². The lowest BCUT2D eigenvalue weighted by molar-refractivity contribution is 0.0703. The number of aromatic nitrogens is 2. The van der Waals surface area contributed by atoms with Crippen LogP contribution in [0.2, 0.25) is 0 Å². The van der Waals surface area contributed by atoms with Crippen molar-refractivity contribution in [2.75, 3.05) is 17.3 Å². The van der Waals surface area contributed by atoms with Gasteiger partial charge in [0.25, 0.3) is 5.91 Å². The summed E-state index contributed by atoms with van der Waals surface area (Å²) >= 11 is 0. The Morgan fingerprint density at radius 2 is 1.85 bits per heavy atom. The molecule has 3 aromatic carbocycles. The van der Waals surface area contributed by atoms with E-state index in [1.54, 1.807) is 36.4 Å². The number of carbonyl (C=O) groups excluding carboxylic acids is 2. The Balaban J connectivity index is 1.69. The molecule has 0 saturated heterocycles. The number of carbonyl (C=O) groups is 2. The molecule has 10 heteroatoms. The van der Waals surface area contributed by atoms with Crippen LogP contribution in [0.5, 0.6) is 0 Å². The van der Waals surface area contributed by atoms with Crippen molar-refractivity contribution in [2.24, 2.45) is 0 Å². The highest BCUT2D eigenvalue weighted by Crippen LogP contribution is 2.45. The summed E-state index contributed by atoms with van der Waals surface area (Å²) in [5.74, 6) is -2.28. The molecule has 0 fully saturated rings. The summed E-state index contributed by atoms with van der Waals surface area (Å²) in [5.41, 5.74) is -0.610. The van der Waals surface area contributed by atoms with Crippen LogP contribution < -0.4 is 10.2 Å². The van der Waals surface area contributed by atoms with Crippen molar-refractivity contribution < 1.29 is 28.2 Å². The molecule has 1 aromatic heterocycles. The molecule has 4 aromatic rings. The van der Waals surface area contributed by atoms with Gasteiger partial charge in [-0.25, -0.2) is 18.6 Å². The fraction of sp³-hybridized carbons (Fsp3) is 0.0870. The summed E-state index contributed by atoms with van der Waals surface area (Å²) in [4.78, 5) is 32.8. The summed E-state index contributed by atoms with van der Waals surface area (Å²) in [6.45, 7) is 0. The second-order valence-electron chi connectivity index (χ2n) is 7.42. The van der Waals surface area contributed by atoms with Crippen LogP contribution >= 0.6 is 0 Å². The van der Waals surface area contributed by atoms with E-state index in [2.05, 4.69) is 20.0 Å². The minimum Gasteiger partial charge on any atom is -0.453 e. The van der Waals surface area contributed by atoms with E-state index in [1.165, 1.54) is 13.2 Å². The monoisotopic (exact) mass is 450 g/mol. The second-order valence-corrected chi connectivity index (χ2v) is 7.42. The van der Waals surface area contributed by atoms with Crippen molar-refractivity contribution in [1.29, 1.82) is 0 Å². The van der Waals surface area contributed by atoms with E-state index < -0.39 is 29.4 Å². The first kappa shape index (κ1) is 20.6. The number of hydrogen-bond acceptors (Lipinski definition) is 5. The molecule has 3 N–H and O–H groups in total. The summed E-state index contributed by atoms with van der Waals surface area (Å²) in [6, 6.07) is 13.7. The molecule has 166 valence electrons. The summed E-state index contributed by atoms with van der Waals surface area (Å²) in [6.07, 6.45) is -0.720. The van der Waals surface area contributed by atoms with E-state index in [9.17, 15) is 23.5 Å². The molecule has 0 bridgehead atoms. The van der Waals surface area contributed by atoms with Gasteiger partial charge >= 0.3 is 6.09 Å². The molecule has 1 unspecified atom stereocenters. The molecule has 1 aliphatic heterocycles. The number of rotatable bonds is 3. The number of nitrogens with one attached hydrogen (secondary N) is 2. The zero-order valence-corrected chi connectivity index (χ0v) is 17.1. The van der Waals surface area contributed by atoms with Gasteiger partial charge in [-0.3, -0.25) is 15.0 Å². The molecule has 1 atom stereocenters. The fourth-order valence-electron chi connectivity index (χ4n) is 4.05. The van der Waals surface area contributed by atoms with Gasteiger partial charge in [0.2, 0.25) is 5.95 Å². The van der Waals surface area contributed by atoms with Crippen LogP contribution in [-0.4, -0.2) is 34.2 Å². The molecule has 0 radical (unpaired) electrons. The van der Waals surface area contributed by atoms with Gasteiger partial charge in [-0.2, -0.15) is 0 Å². The van der Waals surface area contributed by atoms with Crippen molar-refractivity contribution in [2.45, 2.75) is 5.72 Å². The standard InChI is InChI=1S/C23H16F2N4O4/c1-33-22(31)28-21-26-18-7-6-12(8-19(18)27-21)23(32)17-5-3-2-4-16(17)20(30)29(23)15-10-13(24)9-14(25)11-15/h2-11,32H,1H3,(H2,26,27,28,31). The highest BCUT2D eigenvalue weighted by molar-refractivity contribution is 6.12. The molecule has 0 aliphatic carbocycles. The van der Waals surface area contributed by atoms with Gasteiger partial charge in [0.15, 0.2) is 5.72 Å². The number of aliphatic hydroxyl groups is 1. The zero-order valence-electron chi connectivity index (χ0n) is 17.1. The van der Waals surface area contributed by atoms with Crippen LogP contribution in [0.1, 0.15) is 21.5 Å². The smallest absolute Gasteiger partial charge is 0.413 e. The minimum absolute atomic E-state index is 0.118. The fourth-order valence-corrected chi connectivity index (χ4v) is 4.05. The molecule has 8 nitrogen and oxygen atoms in total. The molecule has 5 rings (SSSR count). The molecule has 33 heavy (non-hydrogen) atoms. The average Bonchev–Trinajstić information content (AvgIpc) is 3.29. The number of fused-ring (bicyclic) bond motifs is 2. The lowest BCUT2D eigenvalue weighted by Gasteiger charge is -2.35. The van der Waals surface area contributed by atoms with E-state index in [0.29, 0.717) is 17.1 Å². The van der Waals surface area contributed by atoms with Crippen molar-refractivity contribution in [3.8, 4) is 0 Å². The number of aromatic amines is 1. The number of benzene rings is 3. The number of amides is 2. The topological polar surface area (TPSA) is 108 Å². The Morgan fingerprint density at radius 3 is 2.58 bits per heavy atom. The summed E-state index contributed by atoms with van der Waals surface area (Å²) in [5, 5.41) is 14.4. The Bertz CT molecular complexity index is 1420. The van der Waals surface area contributed by atoms with E-state index >= 15 is 0 Å². The lowest BCUT2D eigenvalue weighted by Crippen LogP contribution is -2.45. The largest absolute Gasteiger partial charge is 0.453 e. The number of anilines is 2. The normalized spacial score (nSPS) is 17.3. The van der Waals surface area contributed by atoms with Crippen molar-refractivity contribution in [3.63, 3.8) is 0 Å². The van der Waals surface area contributed by atoms with Gasteiger partial charge in [-0.05, 0) is 30.3 Å². The van der Waals surface area contributed by atoms with Crippen LogP contribution in [0, 0.1) is 11.6 Å². The SMILES string of the molecule is COC(=O)Nc1nc2ccc(C3(O)c4ccccc4C(=O)N3c3cc(F)cc(F)c3)cc2[nH]1. The highest BCUT2D eigenvalue weighted by Gasteiger charge is 2.51. The number of hydrogen-bond donors (Lipinski definition) is 3. The Labute approximate surface area is 185 Å². The Hall–Kier alpha value is -4.31. The number of nitrogens with zero attached hydrogens (tertiary/aromatic N) is 2. The first-order valence-corrected chi connectivity index (χ1v) is 9.79. The predicted octanol–water partition coefficient (Wildman–Crippen LogP) is 3.87. The zero-order chi connectivity index (χ0) is 23.3. The van der Waals surface area contributed by atoms with Crippen LogP contribution in [-0.2, 0) is 10.5 Å². The quantitative estimate of drug-likeness (QED) is 0.439. The van der Waals surface area contributed by atoms with E-state index in [-0.39, 0.29) is 28.3 Å². The van der Waals surface area contributed by atoms with Gasteiger partial charge in [0, 0.05) is 22.8 Å². The number of imidazole rings is 1. The van der Waals surface area contributed by atoms with Crippen LogP contribution in [0.25, 0.3) is 11.0 Å². The van der Waals surface area contributed by atoms with Crippen LogP contribution in [0.4, 0.5) is 25.2 Å².